The minimum absolute atomic E-state index is 0.0384. The number of likely N-dealkylation sites (tertiary alicyclic amines) is 1. The lowest BCUT2D eigenvalue weighted by Gasteiger charge is -2.43. The number of amides is 1. The normalized spacial score (nSPS) is 19.5. The predicted octanol–water partition coefficient (Wildman–Crippen LogP) is 3.90. The number of aromatic nitrogens is 5. The van der Waals surface area contributed by atoms with Crippen LogP contribution in [-0.4, -0.2) is 67.7 Å². The van der Waals surface area contributed by atoms with Gasteiger partial charge in [0.1, 0.15) is 5.56 Å². The summed E-state index contributed by atoms with van der Waals surface area (Å²) >= 11 is 0. The molecule has 0 spiro atoms. The smallest absolute Gasteiger partial charge is 0.423 e. The standard InChI is InChI=1S/C23H24F5N7O2/c1-13-8-22(24,25)12-35(20(36)18-14(11-34(2)33-18)16-6-4-5-7-29-16)17(13)10-31-21-30-9-15(23(26,27)28)19(32-21)37-3/h4-7,9,11,13,17H,8,10,12H2,1-3H3,(H,30,31,32)/t13-,17?/m0/s1. The maximum Gasteiger partial charge on any atom is 0.423 e. The average Bonchev–Trinajstić information content (AvgIpc) is 3.23. The van der Waals surface area contributed by atoms with Crippen LogP contribution in [0.4, 0.5) is 27.9 Å². The van der Waals surface area contributed by atoms with Gasteiger partial charge in [-0.1, -0.05) is 13.0 Å². The minimum atomic E-state index is -4.72. The van der Waals surface area contributed by atoms with E-state index in [1.165, 1.54) is 4.68 Å². The molecule has 14 heteroatoms. The fourth-order valence-corrected chi connectivity index (χ4v) is 4.37. The average molecular weight is 525 g/mol. The molecule has 198 valence electrons. The van der Waals surface area contributed by atoms with Crippen LogP contribution in [0.15, 0.2) is 36.8 Å². The number of piperidine rings is 1. The van der Waals surface area contributed by atoms with Gasteiger partial charge in [-0.2, -0.15) is 23.3 Å². The van der Waals surface area contributed by atoms with Crippen molar-refractivity contribution in [2.75, 3.05) is 25.5 Å². The molecule has 1 saturated heterocycles. The topological polar surface area (TPSA) is 98.1 Å². The Hall–Kier alpha value is -3.84. The first-order valence-corrected chi connectivity index (χ1v) is 11.3. The Morgan fingerprint density at radius 1 is 1.27 bits per heavy atom. The SMILES string of the molecule is COc1nc(NCC2[C@@H](C)CC(F)(F)CN2C(=O)c2nn(C)cc2-c2ccccn2)ncc1C(F)(F)F. The Morgan fingerprint density at radius 2 is 2.03 bits per heavy atom. The molecule has 1 N–H and O–H groups in total. The number of hydrogen-bond donors (Lipinski definition) is 1. The molecule has 0 saturated carbocycles. The Labute approximate surface area is 208 Å². The zero-order valence-corrected chi connectivity index (χ0v) is 20.1. The van der Waals surface area contributed by atoms with E-state index in [0.717, 1.165) is 12.0 Å². The highest BCUT2D eigenvalue weighted by Crippen LogP contribution is 2.37. The summed E-state index contributed by atoms with van der Waals surface area (Å²) in [6.45, 7) is 0.632. The highest BCUT2D eigenvalue weighted by molar-refractivity contribution is 5.98. The number of halogens is 5. The highest BCUT2D eigenvalue weighted by Gasteiger charge is 2.47. The van der Waals surface area contributed by atoms with Crippen LogP contribution in [0, 0.1) is 5.92 Å². The molecule has 0 aromatic carbocycles. The van der Waals surface area contributed by atoms with Crippen molar-refractivity contribution < 1.29 is 31.5 Å². The molecule has 3 aromatic heterocycles. The van der Waals surface area contributed by atoms with Crippen LogP contribution in [0.3, 0.4) is 0 Å². The van der Waals surface area contributed by atoms with Gasteiger partial charge in [0.25, 0.3) is 11.8 Å². The van der Waals surface area contributed by atoms with E-state index in [2.05, 4.69) is 25.4 Å². The summed E-state index contributed by atoms with van der Waals surface area (Å²) in [5, 5.41) is 6.98. The van der Waals surface area contributed by atoms with Gasteiger partial charge in [0, 0.05) is 38.6 Å². The van der Waals surface area contributed by atoms with Gasteiger partial charge < -0.3 is 15.0 Å². The molecule has 1 fully saturated rings. The largest absolute Gasteiger partial charge is 0.480 e. The van der Waals surface area contributed by atoms with Crippen LogP contribution < -0.4 is 10.1 Å². The van der Waals surface area contributed by atoms with E-state index >= 15 is 0 Å². The Balaban J connectivity index is 1.62. The van der Waals surface area contributed by atoms with Crippen molar-refractivity contribution in [3.05, 3.63) is 48.0 Å². The summed E-state index contributed by atoms with van der Waals surface area (Å²) in [5.74, 6) is -5.41. The van der Waals surface area contributed by atoms with Gasteiger partial charge in [-0.3, -0.25) is 14.5 Å². The summed E-state index contributed by atoms with van der Waals surface area (Å²) in [4.78, 5) is 26.3. The first kappa shape index (κ1) is 26.2. The van der Waals surface area contributed by atoms with Gasteiger partial charge in [-0.05, 0) is 18.1 Å². The highest BCUT2D eigenvalue weighted by atomic mass is 19.4. The van der Waals surface area contributed by atoms with Crippen LogP contribution in [0.1, 0.15) is 29.4 Å². The summed E-state index contributed by atoms with van der Waals surface area (Å²) < 4.78 is 74.7. The Morgan fingerprint density at radius 3 is 2.68 bits per heavy atom. The third-order valence-electron chi connectivity index (χ3n) is 6.03. The monoisotopic (exact) mass is 525 g/mol. The second-order valence-electron chi connectivity index (χ2n) is 8.81. The number of carbonyl (C=O) groups excluding carboxylic acids is 1. The van der Waals surface area contributed by atoms with Crippen molar-refractivity contribution >= 4 is 11.9 Å². The quantitative estimate of drug-likeness (QED) is 0.488. The molecule has 3 aromatic rings. The van der Waals surface area contributed by atoms with E-state index in [-0.39, 0.29) is 18.2 Å². The first-order valence-electron chi connectivity index (χ1n) is 11.3. The summed E-state index contributed by atoms with van der Waals surface area (Å²) in [6, 6.07) is 4.35. The van der Waals surface area contributed by atoms with Crippen molar-refractivity contribution in [2.24, 2.45) is 13.0 Å². The van der Waals surface area contributed by atoms with Crippen molar-refractivity contribution in [2.45, 2.75) is 31.5 Å². The zero-order valence-electron chi connectivity index (χ0n) is 20.1. The van der Waals surface area contributed by atoms with Crippen molar-refractivity contribution in [3.63, 3.8) is 0 Å². The van der Waals surface area contributed by atoms with Crippen molar-refractivity contribution in [1.29, 1.82) is 0 Å². The maximum absolute atomic E-state index is 14.6. The molecule has 1 amide bonds. The van der Waals surface area contributed by atoms with E-state index in [0.29, 0.717) is 17.5 Å². The van der Waals surface area contributed by atoms with Gasteiger partial charge >= 0.3 is 6.18 Å². The number of anilines is 1. The number of nitrogens with zero attached hydrogens (tertiary/aromatic N) is 6. The zero-order chi connectivity index (χ0) is 27.0. The molecule has 1 aliphatic rings. The Kier molecular flexibility index (Phi) is 7.02. The predicted molar refractivity (Wildman–Crippen MR) is 122 cm³/mol. The van der Waals surface area contributed by atoms with Gasteiger partial charge in [0.05, 0.1) is 31.0 Å². The number of carbonyl (C=O) groups is 1. The number of nitrogens with one attached hydrogen (secondary N) is 1. The molecule has 0 aliphatic carbocycles. The molecule has 1 aliphatic heterocycles. The third-order valence-corrected chi connectivity index (χ3v) is 6.03. The molecule has 4 rings (SSSR count). The van der Waals surface area contributed by atoms with E-state index in [1.807, 2.05) is 0 Å². The number of alkyl halides is 5. The Bertz CT molecular complexity index is 1270. The molecule has 1 unspecified atom stereocenters. The van der Waals surface area contributed by atoms with Crippen LogP contribution in [0.25, 0.3) is 11.3 Å². The number of hydrogen-bond acceptors (Lipinski definition) is 7. The lowest BCUT2D eigenvalue weighted by atomic mass is 9.88. The van der Waals surface area contributed by atoms with Crippen LogP contribution in [-0.2, 0) is 13.2 Å². The van der Waals surface area contributed by atoms with E-state index in [4.69, 9.17) is 4.74 Å². The van der Waals surface area contributed by atoms with Gasteiger partial charge in [-0.25, -0.2) is 13.8 Å². The van der Waals surface area contributed by atoms with Gasteiger partial charge in [0.15, 0.2) is 5.69 Å². The summed E-state index contributed by atoms with van der Waals surface area (Å²) in [5.41, 5.74) is -0.350. The van der Waals surface area contributed by atoms with E-state index in [1.54, 1.807) is 44.6 Å². The number of ether oxygens (including phenoxy) is 1. The van der Waals surface area contributed by atoms with Crippen LogP contribution in [0.2, 0.25) is 0 Å². The molecule has 4 heterocycles. The molecular formula is C23H24F5N7O2. The second-order valence-corrected chi connectivity index (χ2v) is 8.81. The number of pyridine rings is 1. The third kappa shape index (κ3) is 5.62. The summed E-state index contributed by atoms with van der Waals surface area (Å²) in [6.07, 6.45) is -1.50. The molecule has 37 heavy (non-hydrogen) atoms. The van der Waals surface area contributed by atoms with Gasteiger partial charge in [0.2, 0.25) is 11.8 Å². The lowest BCUT2D eigenvalue weighted by molar-refractivity contribution is -0.139. The van der Waals surface area contributed by atoms with Crippen molar-refractivity contribution in [3.8, 4) is 17.1 Å². The molecule has 0 bridgehead atoms. The number of methoxy groups -OCH3 is 1. The fraction of sp³-hybridized carbons (Fsp3) is 0.435. The molecular weight excluding hydrogens is 501 g/mol. The fourth-order valence-electron chi connectivity index (χ4n) is 4.37. The molecule has 2 atom stereocenters. The van der Waals surface area contributed by atoms with Gasteiger partial charge in [-0.15, -0.1) is 0 Å². The molecule has 0 radical (unpaired) electrons. The van der Waals surface area contributed by atoms with Crippen LogP contribution in [0.5, 0.6) is 5.88 Å². The number of rotatable bonds is 6. The first-order chi connectivity index (χ1) is 17.4. The van der Waals surface area contributed by atoms with Crippen molar-refractivity contribution in [1.82, 2.24) is 29.6 Å². The summed E-state index contributed by atoms with van der Waals surface area (Å²) in [7, 11) is 2.64. The second kappa shape index (κ2) is 9.90. The molecule has 9 nitrogen and oxygen atoms in total. The minimum Gasteiger partial charge on any atom is -0.480 e. The lowest BCUT2D eigenvalue weighted by Crippen LogP contribution is -2.57. The number of aryl methyl sites for hydroxylation is 1. The van der Waals surface area contributed by atoms with E-state index < -0.39 is 54.4 Å². The van der Waals surface area contributed by atoms with E-state index in [9.17, 15) is 26.7 Å². The maximum atomic E-state index is 14.6. The van der Waals surface area contributed by atoms with Crippen LogP contribution >= 0.6 is 0 Å².